The van der Waals surface area contributed by atoms with Gasteiger partial charge in [0.2, 0.25) is 0 Å². The first kappa shape index (κ1) is 19.5. The first-order valence-corrected chi connectivity index (χ1v) is 8.89. The summed E-state index contributed by atoms with van der Waals surface area (Å²) in [5.74, 6) is 1.51. The van der Waals surface area contributed by atoms with Gasteiger partial charge >= 0.3 is 0 Å². The van der Waals surface area contributed by atoms with Gasteiger partial charge in [0.25, 0.3) is 0 Å². The number of benzene rings is 2. The quantitative estimate of drug-likeness (QED) is 0.582. The molecule has 6 heteroatoms. The van der Waals surface area contributed by atoms with Gasteiger partial charge in [0.1, 0.15) is 17.2 Å². The lowest BCUT2D eigenvalue weighted by Crippen LogP contribution is -2.29. The Hall–Kier alpha value is -3.25. The van der Waals surface area contributed by atoms with Crippen molar-refractivity contribution >= 4 is 12.0 Å². The smallest absolute Gasteiger partial charge is 0.163 e. The molecule has 146 valence electrons. The highest BCUT2D eigenvalue weighted by Crippen LogP contribution is 2.39. The second-order valence-corrected chi connectivity index (χ2v) is 6.23. The number of hydrogen-bond acceptors (Lipinski definition) is 6. The van der Waals surface area contributed by atoms with Crippen molar-refractivity contribution in [1.29, 1.82) is 0 Å². The molecule has 0 amide bonds. The molecule has 0 aromatic heterocycles. The standard InChI is InChI=1S/C22H23NO5/c1-4-8-19-18(14-24)22(15-9-6-5-7-10-15)28-23(19)13-17-20(26-2)11-16(25)12-21(17)27-3/h4-12,14,19,25H,13H2,1-3H3/b8-4+. The van der Waals surface area contributed by atoms with Crippen molar-refractivity contribution in [3.63, 3.8) is 0 Å². The van der Waals surface area contributed by atoms with Gasteiger partial charge in [-0.15, -0.1) is 5.06 Å². The first-order valence-electron chi connectivity index (χ1n) is 8.89. The van der Waals surface area contributed by atoms with Gasteiger partial charge in [-0.3, -0.25) is 4.79 Å². The predicted octanol–water partition coefficient (Wildman–Crippen LogP) is 3.71. The van der Waals surface area contributed by atoms with E-state index in [-0.39, 0.29) is 18.3 Å². The van der Waals surface area contributed by atoms with Gasteiger partial charge in [-0.2, -0.15) is 0 Å². The van der Waals surface area contributed by atoms with E-state index in [2.05, 4.69) is 0 Å². The molecule has 0 saturated heterocycles. The molecule has 2 aromatic carbocycles. The molecule has 1 atom stereocenters. The molecule has 1 N–H and O–H groups in total. The van der Waals surface area contributed by atoms with Crippen LogP contribution in [0.15, 0.2) is 60.2 Å². The molecule has 1 aliphatic rings. The van der Waals surface area contributed by atoms with Crippen LogP contribution in [-0.2, 0) is 16.2 Å². The van der Waals surface area contributed by atoms with Crippen LogP contribution in [0.3, 0.4) is 0 Å². The molecule has 0 saturated carbocycles. The van der Waals surface area contributed by atoms with Crippen LogP contribution in [0.2, 0.25) is 0 Å². The summed E-state index contributed by atoms with van der Waals surface area (Å²) in [5.41, 5.74) is 2.07. The lowest BCUT2D eigenvalue weighted by Gasteiger charge is -2.24. The topological polar surface area (TPSA) is 68.2 Å². The zero-order chi connectivity index (χ0) is 20.1. The minimum absolute atomic E-state index is 0.0430. The third-order valence-corrected chi connectivity index (χ3v) is 4.54. The lowest BCUT2D eigenvalue weighted by molar-refractivity contribution is -0.107. The highest BCUT2D eigenvalue weighted by Gasteiger charge is 2.35. The maximum atomic E-state index is 11.9. The molecule has 28 heavy (non-hydrogen) atoms. The molecule has 1 heterocycles. The van der Waals surface area contributed by atoms with Crippen LogP contribution in [-0.4, -0.2) is 36.7 Å². The normalized spacial score (nSPS) is 17.0. The van der Waals surface area contributed by atoms with Crippen molar-refractivity contribution in [1.82, 2.24) is 5.06 Å². The molecule has 0 radical (unpaired) electrons. The monoisotopic (exact) mass is 381 g/mol. The predicted molar refractivity (Wildman–Crippen MR) is 106 cm³/mol. The summed E-state index contributed by atoms with van der Waals surface area (Å²) < 4.78 is 10.8. The number of allylic oxidation sites excluding steroid dienone is 1. The maximum absolute atomic E-state index is 11.9. The fraction of sp³-hybridized carbons (Fsp3) is 0.227. The average molecular weight is 381 g/mol. The van der Waals surface area contributed by atoms with E-state index in [1.54, 1.807) is 5.06 Å². The highest BCUT2D eigenvalue weighted by atomic mass is 16.7. The molecule has 0 aliphatic carbocycles. The van der Waals surface area contributed by atoms with Gasteiger partial charge in [0.15, 0.2) is 12.0 Å². The molecule has 0 fully saturated rings. The van der Waals surface area contributed by atoms with Gasteiger partial charge in [-0.1, -0.05) is 42.5 Å². The molecule has 1 unspecified atom stereocenters. The van der Waals surface area contributed by atoms with Crippen LogP contribution >= 0.6 is 0 Å². The van der Waals surface area contributed by atoms with Crippen LogP contribution < -0.4 is 9.47 Å². The summed E-state index contributed by atoms with van der Waals surface area (Å²) in [6.45, 7) is 2.18. The number of phenols is 1. The van der Waals surface area contributed by atoms with Gasteiger partial charge in [-0.25, -0.2) is 0 Å². The Kier molecular flexibility index (Phi) is 6.01. The number of aldehydes is 1. The lowest BCUT2D eigenvalue weighted by atomic mass is 10.0. The number of hydrogen-bond donors (Lipinski definition) is 1. The number of methoxy groups -OCH3 is 2. The second-order valence-electron chi connectivity index (χ2n) is 6.23. The third kappa shape index (κ3) is 3.73. The molecule has 2 aromatic rings. The number of rotatable bonds is 7. The van der Waals surface area contributed by atoms with Crippen LogP contribution in [0, 0.1) is 0 Å². The summed E-state index contributed by atoms with van der Waals surface area (Å²) in [5, 5.41) is 11.6. The summed E-state index contributed by atoms with van der Waals surface area (Å²) >= 11 is 0. The van der Waals surface area contributed by atoms with Gasteiger partial charge in [-0.05, 0) is 6.92 Å². The van der Waals surface area contributed by atoms with Crippen LogP contribution in [0.4, 0.5) is 0 Å². The third-order valence-electron chi connectivity index (χ3n) is 4.54. The van der Waals surface area contributed by atoms with E-state index < -0.39 is 0 Å². The number of aromatic hydroxyl groups is 1. The van der Waals surface area contributed by atoms with Crippen LogP contribution in [0.25, 0.3) is 5.76 Å². The van der Waals surface area contributed by atoms with Gasteiger partial charge in [0, 0.05) is 17.7 Å². The Morgan fingerprint density at radius 3 is 2.32 bits per heavy atom. The SMILES string of the molecule is C/C=C/C1C(C=O)=C(c2ccccc2)ON1Cc1c(OC)cc(O)cc1OC. The van der Waals surface area contributed by atoms with Crippen molar-refractivity contribution in [2.45, 2.75) is 19.5 Å². The van der Waals surface area contributed by atoms with Crippen LogP contribution in [0.1, 0.15) is 18.1 Å². The zero-order valence-electron chi connectivity index (χ0n) is 16.1. The molecule has 0 bridgehead atoms. The number of nitrogens with zero attached hydrogens (tertiary/aromatic N) is 1. The fourth-order valence-electron chi connectivity index (χ4n) is 3.24. The molecular weight excluding hydrogens is 358 g/mol. The van der Waals surface area contributed by atoms with E-state index in [9.17, 15) is 9.90 Å². The van der Waals surface area contributed by atoms with E-state index in [4.69, 9.17) is 14.3 Å². The summed E-state index contributed by atoms with van der Waals surface area (Å²) in [4.78, 5) is 18.0. The maximum Gasteiger partial charge on any atom is 0.163 e. The molecule has 3 rings (SSSR count). The average Bonchev–Trinajstić information content (AvgIpc) is 3.07. The largest absolute Gasteiger partial charge is 0.508 e. The summed E-state index contributed by atoms with van der Waals surface area (Å²) in [6.07, 6.45) is 4.61. The van der Waals surface area contributed by atoms with E-state index in [0.717, 1.165) is 11.8 Å². The second kappa shape index (κ2) is 8.63. The minimum Gasteiger partial charge on any atom is -0.508 e. The Bertz CT molecular complexity index is 879. The van der Waals surface area contributed by atoms with Crippen molar-refractivity contribution in [2.24, 2.45) is 0 Å². The molecule has 0 spiro atoms. The van der Waals surface area contributed by atoms with Crippen LogP contribution in [0.5, 0.6) is 17.2 Å². The van der Waals surface area contributed by atoms with E-state index in [0.29, 0.717) is 28.4 Å². The van der Waals surface area contributed by atoms with E-state index in [1.807, 2.05) is 49.4 Å². The Labute approximate surface area is 164 Å². The van der Waals surface area contributed by atoms with E-state index in [1.165, 1.54) is 26.4 Å². The Morgan fingerprint density at radius 2 is 1.79 bits per heavy atom. The van der Waals surface area contributed by atoms with Crippen molar-refractivity contribution in [3.8, 4) is 17.2 Å². The number of carbonyl (C=O) groups excluding carboxylic acids is 1. The molecule has 1 aliphatic heterocycles. The number of carbonyl (C=O) groups is 1. The van der Waals surface area contributed by atoms with Crippen molar-refractivity contribution in [3.05, 3.63) is 71.3 Å². The number of hydroxylamine groups is 2. The van der Waals surface area contributed by atoms with E-state index >= 15 is 0 Å². The Morgan fingerprint density at radius 1 is 1.14 bits per heavy atom. The number of phenolic OH excluding ortho intramolecular Hbond substituents is 1. The van der Waals surface area contributed by atoms with Gasteiger partial charge < -0.3 is 19.4 Å². The first-order chi connectivity index (χ1) is 13.6. The molecular formula is C22H23NO5. The Balaban J connectivity index is 2.01. The summed E-state index contributed by atoms with van der Waals surface area (Å²) in [6, 6.07) is 12.2. The van der Waals surface area contributed by atoms with Gasteiger partial charge in [0.05, 0.1) is 37.9 Å². The summed E-state index contributed by atoms with van der Waals surface area (Å²) in [7, 11) is 3.05. The highest BCUT2D eigenvalue weighted by molar-refractivity contribution is 5.89. The zero-order valence-corrected chi connectivity index (χ0v) is 16.1. The number of ether oxygens (including phenoxy) is 2. The fourth-order valence-corrected chi connectivity index (χ4v) is 3.24. The van der Waals surface area contributed by atoms with Crippen molar-refractivity contribution < 1.29 is 24.2 Å². The minimum atomic E-state index is -0.360. The molecule has 6 nitrogen and oxygen atoms in total. The van der Waals surface area contributed by atoms with Crippen molar-refractivity contribution in [2.75, 3.05) is 14.2 Å².